The molecule has 0 saturated carbocycles. The predicted octanol–water partition coefficient (Wildman–Crippen LogP) is 5.39. The van der Waals surface area contributed by atoms with E-state index in [4.69, 9.17) is 33.2 Å². The van der Waals surface area contributed by atoms with Crippen LogP contribution < -0.4 is 9.47 Å². The van der Waals surface area contributed by atoms with Gasteiger partial charge in [0.15, 0.2) is 12.2 Å². The molecule has 11 nitrogen and oxygen atoms in total. The summed E-state index contributed by atoms with van der Waals surface area (Å²) in [6.45, 7) is 6.63. The second-order valence-corrected chi connectivity index (χ2v) is 11.9. The number of hydrogen-bond donors (Lipinski definition) is 0. The molecule has 3 aromatic rings. The van der Waals surface area contributed by atoms with Crippen molar-refractivity contribution < 1.29 is 52.3 Å². The van der Waals surface area contributed by atoms with Gasteiger partial charge in [-0.15, -0.1) is 0 Å². The average Bonchev–Trinajstić information content (AvgIpc) is 3.00. The van der Waals surface area contributed by atoms with Crippen LogP contribution in [0.15, 0.2) is 71.2 Å². The molecule has 1 saturated heterocycles. The highest BCUT2D eigenvalue weighted by Crippen LogP contribution is 2.35. The summed E-state index contributed by atoms with van der Waals surface area (Å²) in [6, 6.07) is 21.0. The molecule has 1 heterocycles. The van der Waals surface area contributed by atoms with Gasteiger partial charge < -0.3 is 33.2 Å². The Morgan fingerprint density at radius 2 is 1.38 bits per heavy atom. The highest BCUT2D eigenvalue weighted by molar-refractivity contribution is 9.10. The minimum atomic E-state index is -1.40. The van der Waals surface area contributed by atoms with Crippen LogP contribution in [0.3, 0.4) is 0 Å². The van der Waals surface area contributed by atoms with Crippen LogP contribution in [0, 0.1) is 6.92 Å². The van der Waals surface area contributed by atoms with E-state index in [9.17, 15) is 19.2 Å². The third-order valence-corrected chi connectivity index (χ3v) is 7.66. The summed E-state index contributed by atoms with van der Waals surface area (Å²) in [4.78, 5) is 48.5. The van der Waals surface area contributed by atoms with E-state index in [1.165, 1.54) is 13.8 Å². The third kappa shape index (κ3) is 10.3. The molecule has 47 heavy (non-hydrogen) atoms. The van der Waals surface area contributed by atoms with Gasteiger partial charge in [-0.05, 0) is 47.4 Å². The first-order chi connectivity index (χ1) is 22.4. The molecule has 3 aromatic carbocycles. The Balaban J connectivity index is 1.75. The zero-order valence-corrected chi connectivity index (χ0v) is 28.3. The molecule has 1 aliphatic rings. The van der Waals surface area contributed by atoms with E-state index in [-0.39, 0.29) is 6.61 Å². The molecule has 0 spiro atoms. The van der Waals surface area contributed by atoms with Gasteiger partial charge in [-0.3, -0.25) is 19.2 Å². The second-order valence-electron chi connectivity index (χ2n) is 11.0. The summed E-state index contributed by atoms with van der Waals surface area (Å²) in [5.74, 6) is -1.98. The van der Waals surface area contributed by atoms with Gasteiger partial charge in [0.2, 0.25) is 12.4 Å². The molecule has 4 rings (SSSR count). The number of ether oxygens (including phenoxy) is 7. The number of rotatable bonds is 12. The largest absolute Gasteiger partial charge is 0.489 e. The zero-order valence-electron chi connectivity index (χ0n) is 26.7. The number of benzene rings is 3. The Labute approximate surface area is 281 Å². The fourth-order valence-electron chi connectivity index (χ4n) is 5.09. The molecular formula is C35H37BrO11. The molecule has 0 unspecified atom stereocenters. The van der Waals surface area contributed by atoms with Crippen LogP contribution >= 0.6 is 15.9 Å². The van der Waals surface area contributed by atoms with Gasteiger partial charge in [-0.2, -0.15) is 0 Å². The normalized spacial score (nSPS) is 20.4. The maximum Gasteiger partial charge on any atom is 0.303 e. The zero-order chi connectivity index (χ0) is 34.1. The minimum absolute atomic E-state index is 0.296. The topological polar surface area (TPSA) is 133 Å². The Hall–Kier alpha value is -4.42. The molecule has 1 aliphatic heterocycles. The van der Waals surface area contributed by atoms with Crippen LogP contribution in [-0.2, 0) is 55.9 Å². The van der Waals surface area contributed by atoms with E-state index in [1.807, 2.05) is 67.6 Å². The van der Waals surface area contributed by atoms with Crippen LogP contribution in [0.1, 0.15) is 49.9 Å². The van der Waals surface area contributed by atoms with E-state index in [1.54, 1.807) is 6.07 Å². The van der Waals surface area contributed by atoms with E-state index in [0.29, 0.717) is 24.5 Å². The molecule has 0 aromatic heterocycles. The minimum Gasteiger partial charge on any atom is -0.489 e. The van der Waals surface area contributed by atoms with Crippen molar-refractivity contribution in [2.45, 2.75) is 78.4 Å². The van der Waals surface area contributed by atoms with Crippen molar-refractivity contribution in [3.63, 3.8) is 0 Å². The molecular weight excluding hydrogens is 676 g/mol. The lowest BCUT2D eigenvalue weighted by molar-refractivity contribution is -0.288. The predicted molar refractivity (Wildman–Crippen MR) is 171 cm³/mol. The summed E-state index contributed by atoms with van der Waals surface area (Å²) in [6.07, 6.45) is -6.15. The SMILES string of the molecule is CC(=O)OC[C@H]1O[C@@H](Oc2cc(OCc3ccccc3)ccc2Cc2ccc(Br)cc2C)[C@H](OC(C)=O)[C@@H](OC(C)=O)[C@@H]1OC(C)=O. The third-order valence-electron chi connectivity index (χ3n) is 7.16. The highest BCUT2D eigenvalue weighted by Gasteiger charge is 2.53. The van der Waals surface area contributed by atoms with Crippen molar-refractivity contribution in [1.29, 1.82) is 0 Å². The molecule has 250 valence electrons. The van der Waals surface area contributed by atoms with Crippen molar-refractivity contribution in [2.75, 3.05) is 6.61 Å². The quantitative estimate of drug-likeness (QED) is 0.177. The van der Waals surface area contributed by atoms with Crippen LogP contribution in [0.25, 0.3) is 0 Å². The molecule has 0 aliphatic carbocycles. The number of halogens is 1. The fraction of sp³-hybridized carbons (Fsp3) is 0.371. The maximum atomic E-state index is 12.3. The van der Waals surface area contributed by atoms with Crippen molar-refractivity contribution >= 4 is 39.8 Å². The fourth-order valence-corrected chi connectivity index (χ4v) is 5.57. The number of carbonyl (C=O) groups excluding carboxylic acids is 4. The Bertz CT molecular complexity index is 1570. The lowest BCUT2D eigenvalue weighted by Crippen LogP contribution is -2.63. The highest BCUT2D eigenvalue weighted by atomic mass is 79.9. The first kappa shape index (κ1) is 35.4. The lowest BCUT2D eigenvalue weighted by atomic mass is 9.97. The van der Waals surface area contributed by atoms with Gasteiger partial charge in [0.05, 0.1) is 0 Å². The Morgan fingerprint density at radius 1 is 0.745 bits per heavy atom. The first-order valence-electron chi connectivity index (χ1n) is 14.9. The number of aryl methyl sites for hydroxylation is 1. The summed E-state index contributed by atoms with van der Waals surface area (Å²) in [5.41, 5.74) is 3.78. The number of hydrogen-bond acceptors (Lipinski definition) is 11. The molecule has 0 N–H and O–H groups in total. The smallest absolute Gasteiger partial charge is 0.303 e. The van der Waals surface area contributed by atoms with Crippen LogP contribution in [-0.4, -0.2) is 61.2 Å². The van der Waals surface area contributed by atoms with Crippen LogP contribution in [0.4, 0.5) is 0 Å². The summed E-state index contributed by atoms with van der Waals surface area (Å²) in [5, 5.41) is 0. The first-order valence-corrected chi connectivity index (χ1v) is 15.7. The maximum absolute atomic E-state index is 12.3. The van der Waals surface area contributed by atoms with Crippen molar-refractivity contribution in [3.05, 3.63) is 93.5 Å². The van der Waals surface area contributed by atoms with Gasteiger partial charge in [0.1, 0.15) is 30.8 Å². The standard InChI is InChI=1S/C35H37BrO11/c1-20-15-28(36)13-11-26(20)16-27-12-14-29(42-18-25-9-7-6-8-10-25)17-30(27)46-35-34(45-24(5)40)33(44-23(4)39)32(43-22(3)38)31(47-35)19-41-21(2)37/h6-15,17,31-35H,16,18-19H2,1-5H3/t31-,32-,33+,34-,35-/m1/s1. The van der Waals surface area contributed by atoms with Crippen molar-refractivity contribution in [3.8, 4) is 11.5 Å². The van der Waals surface area contributed by atoms with Gasteiger partial charge >= 0.3 is 23.9 Å². The summed E-state index contributed by atoms with van der Waals surface area (Å²) < 4.78 is 41.5. The van der Waals surface area contributed by atoms with Crippen molar-refractivity contribution in [2.24, 2.45) is 0 Å². The molecule has 12 heteroatoms. The Morgan fingerprint density at radius 3 is 2.02 bits per heavy atom. The second kappa shape index (κ2) is 16.4. The van der Waals surface area contributed by atoms with Gasteiger partial charge in [-0.25, -0.2) is 0 Å². The number of carbonyl (C=O) groups is 4. The van der Waals surface area contributed by atoms with Crippen molar-refractivity contribution in [1.82, 2.24) is 0 Å². The summed E-state index contributed by atoms with van der Waals surface area (Å²) in [7, 11) is 0. The Kier molecular flexibility index (Phi) is 12.4. The molecule has 0 radical (unpaired) electrons. The number of esters is 4. The van der Waals surface area contributed by atoms with Crippen LogP contribution in [0.2, 0.25) is 0 Å². The lowest BCUT2D eigenvalue weighted by Gasteiger charge is -2.44. The molecule has 1 fully saturated rings. The molecule has 0 amide bonds. The molecule has 5 atom stereocenters. The van der Waals surface area contributed by atoms with Crippen LogP contribution in [0.5, 0.6) is 11.5 Å². The van der Waals surface area contributed by atoms with E-state index in [2.05, 4.69) is 15.9 Å². The average molecular weight is 714 g/mol. The van der Waals surface area contributed by atoms with Gasteiger partial charge in [0, 0.05) is 44.7 Å². The van der Waals surface area contributed by atoms with E-state index in [0.717, 1.165) is 40.6 Å². The van der Waals surface area contributed by atoms with Gasteiger partial charge in [-0.1, -0.05) is 58.4 Å². The summed E-state index contributed by atoms with van der Waals surface area (Å²) >= 11 is 3.51. The van der Waals surface area contributed by atoms with E-state index < -0.39 is 54.6 Å². The monoisotopic (exact) mass is 712 g/mol. The van der Waals surface area contributed by atoms with Gasteiger partial charge in [0.25, 0.3) is 0 Å². The molecule has 0 bridgehead atoms. The van der Waals surface area contributed by atoms with E-state index >= 15 is 0 Å².